The Hall–Kier alpha value is -0.0800. The first-order valence-corrected chi connectivity index (χ1v) is 7.65. The normalized spacial score (nSPS) is 19.1. The number of hydrogen-bond acceptors (Lipinski definition) is 2. The average molecular weight is 240 g/mol. The predicted molar refractivity (Wildman–Crippen MR) is 76.4 cm³/mol. The molecule has 102 valence electrons. The predicted octanol–water partition coefficient (Wildman–Crippen LogP) is 3.13. The molecule has 0 radical (unpaired) electrons. The summed E-state index contributed by atoms with van der Waals surface area (Å²) in [7, 11) is 0. The fourth-order valence-electron chi connectivity index (χ4n) is 2.73. The van der Waals surface area contributed by atoms with Crippen LogP contribution >= 0.6 is 0 Å². The maximum Gasteiger partial charge on any atom is -0.000664 e. The van der Waals surface area contributed by atoms with Crippen molar-refractivity contribution in [2.75, 3.05) is 32.7 Å². The molecule has 2 heteroatoms. The third-order valence-electron chi connectivity index (χ3n) is 3.78. The first-order chi connectivity index (χ1) is 8.22. The third-order valence-corrected chi connectivity index (χ3v) is 3.78. The second kappa shape index (κ2) is 8.93. The van der Waals surface area contributed by atoms with E-state index >= 15 is 0 Å². The Morgan fingerprint density at radius 2 is 1.94 bits per heavy atom. The van der Waals surface area contributed by atoms with Crippen molar-refractivity contribution >= 4 is 0 Å². The van der Waals surface area contributed by atoms with Crippen molar-refractivity contribution in [1.82, 2.24) is 10.2 Å². The lowest BCUT2D eigenvalue weighted by Crippen LogP contribution is -2.35. The molecule has 2 nitrogen and oxygen atoms in total. The van der Waals surface area contributed by atoms with Crippen LogP contribution in [0.2, 0.25) is 0 Å². The Morgan fingerprint density at radius 3 is 2.53 bits per heavy atom. The van der Waals surface area contributed by atoms with Gasteiger partial charge in [0.05, 0.1) is 0 Å². The lowest BCUT2D eigenvalue weighted by Gasteiger charge is -2.31. The van der Waals surface area contributed by atoms with E-state index in [1.54, 1.807) is 0 Å². The van der Waals surface area contributed by atoms with Crippen LogP contribution < -0.4 is 5.32 Å². The number of hydrogen-bond donors (Lipinski definition) is 1. The zero-order valence-corrected chi connectivity index (χ0v) is 12.2. The Kier molecular flexibility index (Phi) is 7.87. The number of rotatable bonds is 8. The van der Waals surface area contributed by atoms with Gasteiger partial charge in [0.2, 0.25) is 0 Å². The Balaban J connectivity index is 1.95. The van der Waals surface area contributed by atoms with E-state index in [2.05, 4.69) is 31.0 Å². The van der Waals surface area contributed by atoms with Crippen molar-refractivity contribution in [3.05, 3.63) is 0 Å². The minimum atomic E-state index is 0.778. The van der Waals surface area contributed by atoms with Crippen molar-refractivity contribution in [2.24, 2.45) is 11.8 Å². The van der Waals surface area contributed by atoms with Crippen LogP contribution in [0.1, 0.15) is 52.9 Å². The van der Waals surface area contributed by atoms with Gasteiger partial charge in [-0.25, -0.2) is 0 Å². The molecule has 1 fully saturated rings. The van der Waals surface area contributed by atoms with Gasteiger partial charge in [0, 0.05) is 0 Å². The van der Waals surface area contributed by atoms with E-state index in [-0.39, 0.29) is 0 Å². The molecular formula is C15H32N2. The topological polar surface area (TPSA) is 15.3 Å². The molecule has 17 heavy (non-hydrogen) atoms. The smallest absolute Gasteiger partial charge is 0.000664 e. The Labute approximate surface area is 108 Å². The van der Waals surface area contributed by atoms with Gasteiger partial charge in [-0.15, -0.1) is 0 Å². The summed E-state index contributed by atoms with van der Waals surface area (Å²) < 4.78 is 0. The Morgan fingerprint density at radius 1 is 1.24 bits per heavy atom. The fourth-order valence-corrected chi connectivity index (χ4v) is 2.73. The fraction of sp³-hybridized carbons (Fsp3) is 1.00. The second-order valence-electron chi connectivity index (χ2n) is 6.03. The number of likely N-dealkylation sites (tertiary alicyclic amines) is 1. The highest BCUT2D eigenvalue weighted by Crippen LogP contribution is 2.21. The van der Waals surface area contributed by atoms with Gasteiger partial charge in [0.1, 0.15) is 0 Å². The van der Waals surface area contributed by atoms with Gasteiger partial charge in [-0.05, 0) is 63.8 Å². The van der Waals surface area contributed by atoms with Crippen LogP contribution in [0, 0.1) is 11.8 Å². The zero-order valence-electron chi connectivity index (χ0n) is 12.2. The molecule has 0 saturated carbocycles. The first-order valence-electron chi connectivity index (χ1n) is 7.65. The van der Waals surface area contributed by atoms with E-state index in [0.29, 0.717) is 0 Å². The highest BCUT2D eigenvalue weighted by molar-refractivity contribution is 4.72. The van der Waals surface area contributed by atoms with Crippen molar-refractivity contribution in [3.8, 4) is 0 Å². The van der Waals surface area contributed by atoms with Crippen LogP contribution in [0.4, 0.5) is 0 Å². The van der Waals surface area contributed by atoms with Crippen molar-refractivity contribution in [3.63, 3.8) is 0 Å². The molecule has 1 rings (SSSR count). The van der Waals surface area contributed by atoms with Gasteiger partial charge in [-0.3, -0.25) is 0 Å². The quantitative estimate of drug-likeness (QED) is 0.656. The lowest BCUT2D eigenvalue weighted by atomic mass is 9.92. The van der Waals surface area contributed by atoms with E-state index < -0.39 is 0 Å². The molecule has 1 aliphatic rings. The van der Waals surface area contributed by atoms with Gasteiger partial charge in [0.15, 0.2) is 0 Å². The maximum absolute atomic E-state index is 3.53. The zero-order chi connectivity index (χ0) is 12.5. The van der Waals surface area contributed by atoms with Gasteiger partial charge in [-0.1, -0.05) is 33.6 Å². The largest absolute Gasteiger partial charge is 0.316 e. The summed E-state index contributed by atoms with van der Waals surface area (Å²) in [6, 6.07) is 0. The van der Waals surface area contributed by atoms with Crippen LogP contribution in [0.25, 0.3) is 0 Å². The number of piperidine rings is 1. The minimum Gasteiger partial charge on any atom is -0.316 e. The standard InChI is InChI=1S/C15H32N2/c1-4-6-15-7-11-17(12-8-15)10-5-9-16-13-14(2)3/h14-16H,4-13H2,1-3H3. The molecule has 0 amide bonds. The van der Waals surface area contributed by atoms with Crippen molar-refractivity contribution in [1.29, 1.82) is 0 Å². The summed E-state index contributed by atoms with van der Waals surface area (Å²) in [6.07, 6.45) is 7.00. The summed E-state index contributed by atoms with van der Waals surface area (Å²) in [5, 5.41) is 3.53. The third kappa shape index (κ3) is 7.05. The SMILES string of the molecule is CCCC1CCN(CCCNCC(C)C)CC1. The molecule has 1 heterocycles. The molecule has 0 aromatic carbocycles. The van der Waals surface area contributed by atoms with Crippen LogP contribution in [-0.2, 0) is 0 Å². The Bertz CT molecular complexity index is 172. The highest BCUT2D eigenvalue weighted by atomic mass is 15.1. The molecule has 0 spiro atoms. The summed E-state index contributed by atoms with van der Waals surface area (Å²) in [6.45, 7) is 13.2. The summed E-state index contributed by atoms with van der Waals surface area (Å²) in [5.74, 6) is 1.80. The first kappa shape index (κ1) is 15.0. The molecule has 0 bridgehead atoms. The van der Waals surface area contributed by atoms with Gasteiger partial charge >= 0.3 is 0 Å². The second-order valence-corrected chi connectivity index (χ2v) is 6.03. The van der Waals surface area contributed by atoms with Gasteiger partial charge in [-0.2, -0.15) is 0 Å². The molecule has 1 N–H and O–H groups in total. The van der Waals surface area contributed by atoms with E-state index in [1.807, 2.05) is 0 Å². The summed E-state index contributed by atoms with van der Waals surface area (Å²) >= 11 is 0. The lowest BCUT2D eigenvalue weighted by molar-refractivity contribution is 0.176. The number of nitrogens with one attached hydrogen (secondary N) is 1. The monoisotopic (exact) mass is 240 g/mol. The molecular weight excluding hydrogens is 208 g/mol. The highest BCUT2D eigenvalue weighted by Gasteiger charge is 2.17. The minimum absolute atomic E-state index is 0.778. The summed E-state index contributed by atoms with van der Waals surface area (Å²) in [4.78, 5) is 2.66. The van der Waals surface area contributed by atoms with Crippen molar-refractivity contribution < 1.29 is 0 Å². The molecule has 0 unspecified atom stereocenters. The number of nitrogens with zero attached hydrogens (tertiary/aromatic N) is 1. The molecule has 0 atom stereocenters. The van der Waals surface area contributed by atoms with E-state index in [4.69, 9.17) is 0 Å². The van der Waals surface area contributed by atoms with Crippen LogP contribution in [0.3, 0.4) is 0 Å². The van der Waals surface area contributed by atoms with Gasteiger partial charge in [0.25, 0.3) is 0 Å². The van der Waals surface area contributed by atoms with E-state index in [9.17, 15) is 0 Å². The molecule has 0 aliphatic carbocycles. The van der Waals surface area contributed by atoms with Crippen LogP contribution in [-0.4, -0.2) is 37.6 Å². The van der Waals surface area contributed by atoms with Crippen LogP contribution in [0.15, 0.2) is 0 Å². The van der Waals surface area contributed by atoms with Gasteiger partial charge < -0.3 is 10.2 Å². The molecule has 1 aliphatic heterocycles. The van der Waals surface area contributed by atoms with E-state index in [0.717, 1.165) is 11.8 Å². The van der Waals surface area contributed by atoms with E-state index in [1.165, 1.54) is 64.8 Å². The molecule has 0 aromatic heterocycles. The molecule has 0 aromatic rings. The van der Waals surface area contributed by atoms with Crippen molar-refractivity contribution in [2.45, 2.75) is 52.9 Å². The average Bonchev–Trinajstić information content (AvgIpc) is 2.31. The molecule has 1 saturated heterocycles. The maximum atomic E-state index is 3.53. The van der Waals surface area contributed by atoms with Crippen LogP contribution in [0.5, 0.6) is 0 Å². The summed E-state index contributed by atoms with van der Waals surface area (Å²) in [5.41, 5.74) is 0.